The molecule has 2 rings (SSSR count). The van der Waals surface area contributed by atoms with E-state index in [4.69, 9.17) is 5.73 Å². The summed E-state index contributed by atoms with van der Waals surface area (Å²) in [6, 6.07) is 7.72. The number of rotatable bonds is 5. The predicted molar refractivity (Wildman–Crippen MR) is 81.1 cm³/mol. The van der Waals surface area contributed by atoms with Gasteiger partial charge in [-0.1, -0.05) is 29.8 Å². The number of nitrogens with one attached hydrogen (secondary N) is 1. The fourth-order valence-electron chi connectivity index (χ4n) is 1.62. The van der Waals surface area contributed by atoms with Crippen LogP contribution in [0.4, 0.5) is 0 Å². The lowest BCUT2D eigenvalue weighted by Gasteiger charge is -1.98. The SMILES string of the molecule is CONC=NC1=C(N=Cc2ccc(C)cc2)C(=O)N=C1N. The van der Waals surface area contributed by atoms with Gasteiger partial charge in [-0.25, -0.2) is 9.98 Å². The van der Waals surface area contributed by atoms with Gasteiger partial charge in [-0.05, 0) is 12.5 Å². The highest BCUT2D eigenvalue weighted by Crippen LogP contribution is 2.17. The Kier molecular flexibility index (Phi) is 4.57. The van der Waals surface area contributed by atoms with Crippen molar-refractivity contribution < 1.29 is 9.63 Å². The second kappa shape index (κ2) is 6.58. The quantitative estimate of drug-likeness (QED) is 0.472. The van der Waals surface area contributed by atoms with Gasteiger partial charge >= 0.3 is 0 Å². The maximum Gasteiger partial charge on any atom is 0.299 e. The van der Waals surface area contributed by atoms with Crippen molar-refractivity contribution in [2.24, 2.45) is 20.7 Å². The van der Waals surface area contributed by atoms with Crippen molar-refractivity contribution in [3.05, 3.63) is 46.8 Å². The van der Waals surface area contributed by atoms with E-state index in [-0.39, 0.29) is 17.2 Å². The van der Waals surface area contributed by atoms with E-state index in [9.17, 15) is 4.79 Å². The summed E-state index contributed by atoms with van der Waals surface area (Å²) in [5, 5.41) is 0. The van der Waals surface area contributed by atoms with Gasteiger partial charge in [0.25, 0.3) is 5.91 Å². The summed E-state index contributed by atoms with van der Waals surface area (Å²) in [5.74, 6) is -0.481. The molecule has 0 unspecified atom stereocenters. The third kappa shape index (κ3) is 3.61. The first-order valence-electron chi connectivity index (χ1n) is 6.16. The van der Waals surface area contributed by atoms with Crippen LogP contribution in [0.25, 0.3) is 0 Å². The summed E-state index contributed by atoms with van der Waals surface area (Å²) >= 11 is 0. The summed E-state index contributed by atoms with van der Waals surface area (Å²) in [6.45, 7) is 1.99. The van der Waals surface area contributed by atoms with Gasteiger partial charge in [0.2, 0.25) is 0 Å². The molecule has 0 saturated heterocycles. The Balaban J connectivity index is 2.26. The van der Waals surface area contributed by atoms with E-state index >= 15 is 0 Å². The second-order valence-corrected chi connectivity index (χ2v) is 4.25. The zero-order chi connectivity index (χ0) is 15.2. The Hall–Kier alpha value is -2.80. The lowest BCUT2D eigenvalue weighted by molar-refractivity contribution is -0.114. The largest absolute Gasteiger partial charge is 0.382 e. The highest BCUT2D eigenvalue weighted by atomic mass is 16.6. The van der Waals surface area contributed by atoms with Gasteiger partial charge in [0.1, 0.15) is 12.0 Å². The molecule has 108 valence electrons. The first kappa shape index (κ1) is 14.6. The highest BCUT2D eigenvalue weighted by molar-refractivity contribution is 6.18. The van der Waals surface area contributed by atoms with Gasteiger partial charge in [-0.3, -0.25) is 15.1 Å². The number of hydrogen-bond donors (Lipinski definition) is 2. The van der Waals surface area contributed by atoms with E-state index in [1.807, 2.05) is 31.2 Å². The van der Waals surface area contributed by atoms with Crippen LogP contribution in [-0.2, 0) is 9.63 Å². The lowest BCUT2D eigenvalue weighted by Crippen LogP contribution is -2.14. The topological polar surface area (TPSA) is 101 Å². The number of amidine groups is 1. The standard InChI is InChI=1S/C14H15N5O2/c1-9-3-5-10(6-4-9)7-16-12-11(17-8-18-21-2)13(15)19-14(12)20/h3-8H,1-2H3,(H3,15,17,18,19,20). The number of nitrogens with zero attached hydrogens (tertiary/aromatic N) is 3. The van der Waals surface area contributed by atoms with E-state index in [0.29, 0.717) is 0 Å². The number of aliphatic imine (C=N–C) groups is 3. The van der Waals surface area contributed by atoms with Crippen LogP contribution < -0.4 is 11.2 Å². The average molecular weight is 285 g/mol. The van der Waals surface area contributed by atoms with Crippen molar-refractivity contribution in [1.29, 1.82) is 0 Å². The molecule has 1 heterocycles. The number of carbonyl (C=O) groups is 1. The lowest BCUT2D eigenvalue weighted by atomic mass is 10.2. The van der Waals surface area contributed by atoms with Crippen molar-refractivity contribution in [1.82, 2.24) is 5.48 Å². The van der Waals surface area contributed by atoms with Gasteiger partial charge in [0.05, 0.1) is 7.11 Å². The van der Waals surface area contributed by atoms with E-state index in [1.54, 1.807) is 6.21 Å². The molecule has 1 aromatic rings. The second-order valence-electron chi connectivity index (χ2n) is 4.25. The molecule has 1 aliphatic rings. The number of hydroxylamine groups is 1. The van der Waals surface area contributed by atoms with Crippen LogP contribution in [0.5, 0.6) is 0 Å². The van der Waals surface area contributed by atoms with Crippen molar-refractivity contribution in [3.8, 4) is 0 Å². The molecule has 1 amide bonds. The molecular weight excluding hydrogens is 270 g/mol. The van der Waals surface area contributed by atoms with Crippen molar-refractivity contribution in [3.63, 3.8) is 0 Å². The molecule has 21 heavy (non-hydrogen) atoms. The first-order chi connectivity index (χ1) is 10.1. The summed E-state index contributed by atoms with van der Waals surface area (Å²) in [7, 11) is 1.44. The van der Waals surface area contributed by atoms with E-state index < -0.39 is 5.91 Å². The number of benzene rings is 1. The number of nitrogens with two attached hydrogens (primary N) is 1. The zero-order valence-electron chi connectivity index (χ0n) is 11.7. The fourth-order valence-corrected chi connectivity index (χ4v) is 1.62. The van der Waals surface area contributed by atoms with Crippen LogP contribution in [0.15, 0.2) is 50.6 Å². The fraction of sp³-hybridized carbons (Fsp3) is 0.143. The first-order valence-corrected chi connectivity index (χ1v) is 6.16. The summed E-state index contributed by atoms with van der Waals surface area (Å²) < 4.78 is 0. The minimum Gasteiger partial charge on any atom is -0.382 e. The van der Waals surface area contributed by atoms with Gasteiger partial charge in [0.15, 0.2) is 11.5 Å². The Morgan fingerprint density at radius 1 is 1.24 bits per heavy atom. The van der Waals surface area contributed by atoms with Crippen LogP contribution in [0.1, 0.15) is 11.1 Å². The number of carbonyl (C=O) groups excluding carboxylic acids is 1. The molecule has 0 fully saturated rings. The molecule has 0 spiro atoms. The number of amides is 1. The van der Waals surface area contributed by atoms with E-state index in [0.717, 1.165) is 11.1 Å². The Bertz CT molecular complexity index is 656. The molecule has 0 bridgehead atoms. The highest BCUT2D eigenvalue weighted by Gasteiger charge is 2.24. The van der Waals surface area contributed by atoms with E-state index in [2.05, 4.69) is 25.3 Å². The molecular formula is C14H15N5O2. The molecule has 0 saturated carbocycles. The summed E-state index contributed by atoms with van der Waals surface area (Å²) in [4.78, 5) is 28.1. The minimum atomic E-state index is -0.513. The number of hydrogen-bond acceptors (Lipinski definition) is 5. The monoisotopic (exact) mass is 285 g/mol. The van der Waals surface area contributed by atoms with Gasteiger partial charge in [-0.2, -0.15) is 4.99 Å². The maximum atomic E-state index is 11.7. The number of aryl methyl sites for hydroxylation is 1. The van der Waals surface area contributed by atoms with Crippen LogP contribution in [0.3, 0.4) is 0 Å². The van der Waals surface area contributed by atoms with Crippen molar-refractivity contribution in [2.45, 2.75) is 6.92 Å². The molecule has 0 aromatic heterocycles. The molecule has 0 aliphatic carbocycles. The van der Waals surface area contributed by atoms with Crippen molar-refractivity contribution >= 4 is 24.3 Å². The molecule has 7 nitrogen and oxygen atoms in total. The Morgan fingerprint density at radius 3 is 2.62 bits per heavy atom. The zero-order valence-corrected chi connectivity index (χ0v) is 11.7. The van der Waals surface area contributed by atoms with Gasteiger partial charge < -0.3 is 5.73 Å². The summed E-state index contributed by atoms with van der Waals surface area (Å²) in [6.07, 6.45) is 2.83. The Morgan fingerprint density at radius 2 is 1.95 bits per heavy atom. The third-order valence-corrected chi connectivity index (χ3v) is 2.68. The third-order valence-electron chi connectivity index (χ3n) is 2.68. The van der Waals surface area contributed by atoms with Gasteiger partial charge in [-0.15, -0.1) is 0 Å². The molecule has 1 aliphatic heterocycles. The van der Waals surface area contributed by atoms with Crippen molar-refractivity contribution in [2.75, 3.05) is 7.11 Å². The van der Waals surface area contributed by atoms with Crippen LogP contribution in [0, 0.1) is 6.92 Å². The predicted octanol–water partition coefficient (Wildman–Crippen LogP) is 0.702. The van der Waals surface area contributed by atoms with Crippen LogP contribution >= 0.6 is 0 Å². The molecule has 1 aromatic carbocycles. The Labute approximate surface area is 121 Å². The molecule has 0 atom stereocenters. The average Bonchev–Trinajstić information content (AvgIpc) is 2.73. The molecule has 3 N–H and O–H groups in total. The van der Waals surface area contributed by atoms with E-state index in [1.165, 1.54) is 13.4 Å². The maximum absolute atomic E-state index is 11.7. The van der Waals surface area contributed by atoms with Crippen LogP contribution in [0.2, 0.25) is 0 Å². The van der Waals surface area contributed by atoms with Crippen LogP contribution in [-0.4, -0.2) is 31.4 Å². The molecule has 0 radical (unpaired) electrons. The van der Waals surface area contributed by atoms with Gasteiger partial charge in [0, 0.05) is 6.21 Å². The summed E-state index contributed by atoms with van der Waals surface area (Å²) in [5.41, 5.74) is 10.4. The molecule has 7 heteroatoms. The normalized spacial score (nSPS) is 15.3. The minimum absolute atomic E-state index is 0.0326. The smallest absolute Gasteiger partial charge is 0.299 e.